The van der Waals surface area contributed by atoms with Gasteiger partial charge in [-0.2, -0.15) is 0 Å². The van der Waals surface area contributed by atoms with Crippen LogP contribution in [-0.4, -0.2) is 56.2 Å². The number of aromatic amines is 1. The lowest BCUT2D eigenvalue weighted by Crippen LogP contribution is -2.43. The fraction of sp³-hybridized carbons (Fsp3) is 0.400. The van der Waals surface area contributed by atoms with Gasteiger partial charge in [0.1, 0.15) is 11.2 Å². The number of anilines is 1. The highest BCUT2D eigenvalue weighted by Gasteiger charge is 2.46. The van der Waals surface area contributed by atoms with E-state index < -0.39 is 11.4 Å². The average Bonchev–Trinajstić information content (AvgIpc) is 3.24. The van der Waals surface area contributed by atoms with Crippen molar-refractivity contribution in [3.05, 3.63) is 35.5 Å². The first-order chi connectivity index (χ1) is 14.4. The summed E-state index contributed by atoms with van der Waals surface area (Å²) in [5.74, 6) is -0.0364. The van der Waals surface area contributed by atoms with Gasteiger partial charge in [-0.3, -0.25) is 0 Å². The van der Waals surface area contributed by atoms with E-state index in [4.69, 9.17) is 16.3 Å². The molecule has 3 aromatic heterocycles. The second-order valence-electron chi connectivity index (χ2n) is 7.99. The van der Waals surface area contributed by atoms with Crippen molar-refractivity contribution >= 4 is 34.5 Å². The maximum absolute atomic E-state index is 14.5. The molecule has 1 saturated heterocycles. The second kappa shape index (κ2) is 7.09. The number of fused-ring (bicyclic) bond motifs is 1. The van der Waals surface area contributed by atoms with E-state index in [0.29, 0.717) is 35.0 Å². The number of nitrogens with one attached hydrogen (secondary N) is 2. The molecule has 1 aliphatic carbocycles. The number of carbonyl (C=O) groups is 1. The van der Waals surface area contributed by atoms with Gasteiger partial charge >= 0.3 is 6.09 Å². The zero-order valence-electron chi connectivity index (χ0n) is 16.3. The van der Waals surface area contributed by atoms with E-state index in [1.807, 2.05) is 0 Å². The van der Waals surface area contributed by atoms with E-state index in [0.717, 1.165) is 30.8 Å². The lowest BCUT2D eigenvalue weighted by atomic mass is 9.81. The Bertz CT molecular complexity index is 1140. The second-order valence-corrected chi connectivity index (χ2v) is 8.42. The van der Waals surface area contributed by atoms with E-state index >= 15 is 0 Å². The smallest absolute Gasteiger partial charge is 0.410 e. The molecule has 2 fully saturated rings. The van der Waals surface area contributed by atoms with Crippen LogP contribution in [0, 0.1) is 5.82 Å². The first-order valence-electron chi connectivity index (χ1n) is 9.79. The van der Waals surface area contributed by atoms with E-state index in [2.05, 4.69) is 25.3 Å². The van der Waals surface area contributed by atoms with Gasteiger partial charge in [0.2, 0.25) is 0 Å². The SMILES string of the molecule is CN1CC2(CCCC(Nc3nc(-c4c[nH]c5ncc(Cl)cc45)ncc3F)C2)OC1=O. The number of hydrogen-bond acceptors (Lipinski definition) is 6. The van der Waals surface area contributed by atoms with E-state index in [9.17, 15) is 9.18 Å². The molecule has 156 valence electrons. The van der Waals surface area contributed by atoms with Crippen LogP contribution < -0.4 is 5.32 Å². The summed E-state index contributed by atoms with van der Waals surface area (Å²) in [5.41, 5.74) is 0.820. The number of hydrogen-bond donors (Lipinski definition) is 2. The molecule has 0 bridgehead atoms. The molecule has 30 heavy (non-hydrogen) atoms. The quantitative estimate of drug-likeness (QED) is 0.652. The predicted molar refractivity (Wildman–Crippen MR) is 110 cm³/mol. The van der Waals surface area contributed by atoms with Crippen molar-refractivity contribution in [1.82, 2.24) is 24.8 Å². The summed E-state index contributed by atoms with van der Waals surface area (Å²) in [6.45, 7) is 0.546. The molecule has 1 spiro atoms. The average molecular weight is 431 g/mol. The van der Waals surface area contributed by atoms with Gasteiger partial charge in [0, 0.05) is 42.9 Å². The zero-order valence-corrected chi connectivity index (χ0v) is 17.0. The summed E-state index contributed by atoms with van der Waals surface area (Å²) < 4.78 is 20.2. The molecule has 3 aromatic rings. The fourth-order valence-electron chi connectivity index (χ4n) is 4.43. The number of pyridine rings is 1. The van der Waals surface area contributed by atoms with Crippen molar-refractivity contribution in [1.29, 1.82) is 0 Å². The number of halogens is 2. The van der Waals surface area contributed by atoms with E-state index in [1.54, 1.807) is 30.4 Å². The molecule has 2 unspecified atom stereocenters. The number of rotatable bonds is 3. The molecule has 10 heteroatoms. The number of ether oxygens (including phenoxy) is 1. The molecule has 8 nitrogen and oxygen atoms in total. The van der Waals surface area contributed by atoms with Gasteiger partial charge in [0.05, 0.1) is 17.8 Å². The lowest BCUT2D eigenvalue weighted by molar-refractivity contribution is 0.0222. The molecule has 0 aromatic carbocycles. The van der Waals surface area contributed by atoms with Gasteiger partial charge in [-0.1, -0.05) is 11.6 Å². The van der Waals surface area contributed by atoms with Crippen molar-refractivity contribution in [3.8, 4) is 11.4 Å². The Hall–Kier alpha value is -2.94. The van der Waals surface area contributed by atoms with Gasteiger partial charge in [0.15, 0.2) is 17.5 Å². The van der Waals surface area contributed by atoms with Crippen molar-refractivity contribution in [2.75, 3.05) is 18.9 Å². The van der Waals surface area contributed by atoms with Crippen LogP contribution in [0.3, 0.4) is 0 Å². The number of aromatic nitrogens is 4. The summed E-state index contributed by atoms with van der Waals surface area (Å²) in [5, 5.41) is 4.46. The molecule has 2 atom stereocenters. The van der Waals surface area contributed by atoms with Crippen LogP contribution in [0.4, 0.5) is 15.0 Å². The normalized spacial score (nSPS) is 23.9. The third kappa shape index (κ3) is 3.32. The van der Waals surface area contributed by atoms with Crippen molar-refractivity contribution in [2.45, 2.75) is 37.3 Å². The third-order valence-corrected chi connectivity index (χ3v) is 5.97. The lowest BCUT2D eigenvalue weighted by Gasteiger charge is -2.36. The topological polar surface area (TPSA) is 96.0 Å². The van der Waals surface area contributed by atoms with Crippen LogP contribution in [0.2, 0.25) is 5.02 Å². The van der Waals surface area contributed by atoms with Gasteiger partial charge in [-0.25, -0.2) is 24.1 Å². The Morgan fingerprint density at radius 1 is 1.40 bits per heavy atom. The summed E-state index contributed by atoms with van der Waals surface area (Å²) >= 11 is 6.07. The zero-order chi connectivity index (χ0) is 20.9. The molecule has 1 saturated carbocycles. The van der Waals surface area contributed by atoms with Crippen LogP contribution in [-0.2, 0) is 4.74 Å². The Balaban J connectivity index is 1.41. The number of nitrogens with zero attached hydrogens (tertiary/aromatic N) is 4. The molecule has 0 radical (unpaired) electrons. The summed E-state index contributed by atoms with van der Waals surface area (Å²) in [7, 11) is 1.73. The standard InChI is InChI=1S/C20H20ClFN6O2/c1-28-10-20(30-19(28)29)4-2-3-12(6-20)26-18-15(22)9-25-17(27-18)14-8-24-16-13(14)5-11(21)7-23-16/h5,7-9,12H,2-4,6,10H2,1H3,(H,23,24)(H,25,26,27). The number of amides is 1. The Morgan fingerprint density at radius 2 is 2.27 bits per heavy atom. The molecule has 5 rings (SSSR count). The first-order valence-corrected chi connectivity index (χ1v) is 10.2. The van der Waals surface area contributed by atoms with Gasteiger partial charge in [-0.15, -0.1) is 0 Å². The Morgan fingerprint density at radius 3 is 3.07 bits per heavy atom. The Labute approximate surface area is 176 Å². The van der Waals surface area contributed by atoms with E-state index in [1.165, 1.54) is 0 Å². The molecule has 4 heterocycles. The van der Waals surface area contributed by atoms with Crippen LogP contribution in [0.1, 0.15) is 25.7 Å². The molecule has 2 N–H and O–H groups in total. The van der Waals surface area contributed by atoms with Crippen molar-refractivity contribution in [2.24, 2.45) is 0 Å². The summed E-state index contributed by atoms with van der Waals surface area (Å²) in [6, 6.07) is 1.71. The molecule has 1 amide bonds. The number of carbonyl (C=O) groups excluding carboxylic acids is 1. The molecular weight excluding hydrogens is 411 g/mol. The maximum atomic E-state index is 14.5. The van der Waals surface area contributed by atoms with Crippen LogP contribution >= 0.6 is 11.6 Å². The molecule has 1 aliphatic heterocycles. The fourth-order valence-corrected chi connectivity index (χ4v) is 4.59. The maximum Gasteiger partial charge on any atom is 0.410 e. The highest BCUT2D eigenvalue weighted by molar-refractivity contribution is 6.31. The highest BCUT2D eigenvalue weighted by Crippen LogP contribution is 2.38. The molecular formula is C20H20ClFN6O2. The van der Waals surface area contributed by atoms with Gasteiger partial charge in [-0.05, 0) is 25.3 Å². The largest absolute Gasteiger partial charge is 0.441 e. The number of H-pyrrole nitrogens is 1. The minimum absolute atomic E-state index is 0.0608. The van der Waals surface area contributed by atoms with E-state index in [-0.39, 0.29) is 18.0 Å². The minimum atomic E-state index is -0.532. The van der Waals surface area contributed by atoms with Gasteiger partial charge in [0.25, 0.3) is 0 Å². The number of likely N-dealkylation sites (N-methyl/N-ethyl adjacent to an activating group) is 1. The van der Waals surface area contributed by atoms with Crippen LogP contribution in [0.15, 0.2) is 24.7 Å². The summed E-state index contributed by atoms with van der Waals surface area (Å²) in [4.78, 5) is 29.3. The first kappa shape index (κ1) is 19.0. The van der Waals surface area contributed by atoms with Crippen molar-refractivity contribution < 1.29 is 13.9 Å². The monoisotopic (exact) mass is 430 g/mol. The van der Waals surface area contributed by atoms with Crippen molar-refractivity contribution in [3.63, 3.8) is 0 Å². The van der Waals surface area contributed by atoms with Crippen LogP contribution in [0.25, 0.3) is 22.4 Å². The van der Waals surface area contributed by atoms with Crippen LogP contribution in [0.5, 0.6) is 0 Å². The van der Waals surface area contributed by atoms with Gasteiger partial charge < -0.3 is 19.9 Å². The third-order valence-electron chi connectivity index (χ3n) is 5.77. The highest BCUT2D eigenvalue weighted by atomic mass is 35.5. The molecule has 2 aliphatic rings. The predicted octanol–water partition coefficient (Wildman–Crippen LogP) is 3.99. The Kier molecular flexibility index (Phi) is 4.50. The minimum Gasteiger partial charge on any atom is -0.441 e. The summed E-state index contributed by atoms with van der Waals surface area (Å²) in [6.07, 6.45) is 7.26.